The first-order chi connectivity index (χ1) is 23.2. The van der Waals surface area contributed by atoms with Gasteiger partial charge in [-0.2, -0.15) is 0 Å². The number of rotatable bonds is 18. The SMILES string of the molecule is COCc1cnc(N2CCC(CCCOc3ccc(CC(=O)N4CC(N(C)CCNC(=O)NC(CO)(CO)CO)C4)c(F)c3)CC2)nc1. The number of urea groups is 1. The summed E-state index contributed by atoms with van der Waals surface area (Å²) in [5.41, 5.74) is -0.212. The Kier molecular flexibility index (Phi) is 14.1. The van der Waals surface area contributed by atoms with Crippen molar-refractivity contribution in [2.75, 3.05) is 84.8 Å². The third kappa shape index (κ3) is 10.4. The van der Waals surface area contributed by atoms with Gasteiger partial charge in [-0.3, -0.25) is 9.69 Å². The Bertz CT molecular complexity index is 1300. The van der Waals surface area contributed by atoms with E-state index in [1.165, 1.54) is 6.07 Å². The number of methoxy groups -OCH3 is 1. The molecule has 3 heterocycles. The standard InChI is InChI=1S/C33H50FN7O7/c1-39(12-9-35-32(46)38-33(21-42,22-43)23-44)27-18-41(19-27)30(45)14-26-5-6-28(15-29(26)34)48-13-3-4-24-7-10-40(11-8-24)31-36-16-25(17-37-31)20-47-2/h5-6,15-17,24,27,42-44H,3-4,7-14,18-23H2,1-2H3,(H2,35,38,46). The number of halogens is 1. The van der Waals surface area contributed by atoms with Crippen LogP contribution in [0.5, 0.6) is 5.75 Å². The number of ether oxygens (including phenoxy) is 2. The average Bonchev–Trinajstić information content (AvgIpc) is 3.07. The number of aliphatic hydroxyl groups excluding tert-OH is 3. The molecule has 2 aliphatic rings. The fourth-order valence-electron chi connectivity index (χ4n) is 5.79. The quantitative estimate of drug-likeness (QED) is 0.140. The fourth-order valence-corrected chi connectivity index (χ4v) is 5.79. The normalized spacial score (nSPS) is 15.8. The first kappa shape index (κ1) is 37.2. The second kappa shape index (κ2) is 18.2. The third-order valence-corrected chi connectivity index (χ3v) is 9.17. The lowest BCUT2D eigenvalue weighted by molar-refractivity contribution is -0.137. The summed E-state index contributed by atoms with van der Waals surface area (Å²) < 4.78 is 25.8. The van der Waals surface area contributed by atoms with Crippen molar-refractivity contribution >= 4 is 17.9 Å². The van der Waals surface area contributed by atoms with E-state index in [1.807, 2.05) is 24.3 Å². The molecule has 0 unspecified atom stereocenters. The molecule has 266 valence electrons. The molecule has 0 spiro atoms. The number of hydrogen-bond acceptors (Lipinski definition) is 11. The molecule has 3 amide bonds. The van der Waals surface area contributed by atoms with E-state index in [9.17, 15) is 29.3 Å². The molecule has 0 bridgehead atoms. The first-order valence-corrected chi connectivity index (χ1v) is 16.5. The molecule has 2 saturated heterocycles. The van der Waals surface area contributed by atoms with Crippen LogP contribution >= 0.6 is 0 Å². The minimum Gasteiger partial charge on any atom is -0.493 e. The van der Waals surface area contributed by atoms with Crippen molar-refractivity contribution in [2.24, 2.45) is 5.92 Å². The molecule has 0 aliphatic carbocycles. The van der Waals surface area contributed by atoms with Crippen LogP contribution in [0.25, 0.3) is 0 Å². The molecule has 2 aromatic rings. The third-order valence-electron chi connectivity index (χ3n) is 9.17. The number of hydrogen-bond donors (Lipinski definition) is 5. The number of benzene rings is 1. The average molecular weight is 676 g/mol. The molecule has 2 aliphatic heterocycles. The van der Waals surface area contributed by atoms with Gasteiger partial charge in [0.15, 0.2) is 0 Å². The van der Waals surface area contributed by atoms with E-state index in [-0.39, 0.29) is 24.9 Å². The number of nitrogens with zero attached hydrogens (tertiary/aromatic N) is 5. The zero-order valence-electron chi connectivity index (χ0n) is 27.9. The van der Waals surface area contributed by atoms with E-state index in [0.29, 0.717) is 50.1 Å². The summed E-state index contributed by atoms with van der Waals surface area (Å²) in [5, 5.41) is 33.0. The van der Waals surface area contributed by atoms with E-state index in [0.717, 1.165) is 50.3 Å². The lowest BCUT2D eigenvalue weighted by atomic mass is 9.92. The largest absolute Gasteiger partial charge is 0.493 e. The van der Waals surface area contributed by atoms with Crippen LogP contribution in [0.15, 0.2) is 30.6 Å². The van der Waals surface area contributed by atoms with Gasteiger partial charge in [-0.25, -0.2) is 19.2 Å². The summed E-state index contributed by atoms with van der Waals surface area (Å²) in [6, 6.07) is 4.16. The molecule has 14 nitrogen and oxygen atoms in total. The van der Waals surface area contributed by atoms with Gasteiger partial charge in [0.2, 0.25) is 11.9 Å². The van der Waals surface area contributed by atoms with E-state index in [1.54, 1.807) is 24.1 Å². The smallest absolute Gasteiger partial charge is 0.315 e. The number of aliphatic hydroxyl groups is 3. The minimum absolute atomic E-state index is 0.0341. The van der Waals surface area contributed by atoms with Gasteiger partial charge >= 0.3 is 6.03 Å². The van der Waals surface area contributed by atoms with Crippen molar-refractivity contribution in [3.8, 4) is 5.75 Å². The second-order valence-corrected chi connectivity index (χ2v) is 12.7. The van der Waals surface area contributed by atoms with Gasteiger partial charge in [-0.1, -0.05) is 6.07 Å². The molecule has 4 rings (SSSR count). The Morgan fingerprint density at radius 1 is 1.10 bits per heavy atom. The highest BCUT2D eigenvalue weighted by atomic mass is 19.1. The predicted molar refractivity (Wildman–Crippen MR) is 176 cm³/mol. The molecule has 1 aromatic carbocycles. The van der Waals surface area contributed by atoms with Crippen molar-refractivity contribution in [3.63, 3.8) is 0 Å². The Morgan fingerprint density at radius 3 is 2.42 bits per heavy atom. The van der Waals surface area contributed by atoms with Gasteiger partial charge in [0, 0.05) is 76.4 Å². The molecule has 15 heteroatoms. The number of aromatic nitrogens is 2. The van der Waals surface area contributed by atoms with Gasteiger partial charge in [-0.05, 0) is 50.3 Å². The van der Waals surface area contributed by atoms with E-state index in [2.05, 4.69) is 25.5 Å². The maximum absolute atomic E-state index is 14.9. The highest BCUT2D eigenvalue weighted by Crippen LogP contribution is 2.25. The summed E-state index contributed by atoms with van der Waals surface area (Å²) in [6.45, 7) is 2.81. The van der Waals surface area contributed by atoms with Crippen molar-refractivity contribution in [2.45, 2.75) is 50.3 Å². The summed E-state index contributed by atoms with van der Waals surface area (Å²) >= 11 is 0. The second-order valence-electron chi connectivity index (χ2n) is 12.7. The van der Waals surface area contributed by atoms with Crippen molar-refractivity contribution in [1.29, 1.82) is 0 Å². The van der Waals surface area contributed by atoms with Gasteiger partial charge in [0.1, 0.15) is 17.1 Å². The van der Waals surface area contributed by atoms with Crippen molar-refractivity contribution < 1.29 is 38.8 Å². The van der Waals surface area contributed by atoms with E-state index < -0.39 is 37.2 Å². The monoisotopic (exact) mass is 675 g/mol. The van der Waals surface area contributed by atoms with Gasteiger partial charge in [0.05, 0.1) is 39.5 Å². The predicted octanol–water partition coefficient (Wildman–Crippen LogP) is 0.538. The molecular formula is C33H50FN7O7. The number of carbonyl (C=O) groups is 2. The van der Waals surface area contributed by atoms with Crippen LogP contribution < -0.4 is 20.3 Å². The molecule has 0 atom stereocenters. The van der Waals surface area contributed by atoms with E-state index >= 15 is 0 Å². The van der Waals surface area contributed by atoms with E-state index in [4.69, 9.17) is 9.47 Å². The lowest BCUT2D eigenvalue weighted by Crippen LogP contribution is -2.62. The molecule has 48 heavy (non-hydrogen) atoms. The van der Waals surface area contributed by atoms with Crippen molar-refractivity contribution in [3.05, 3.63) is 47.5 Å². The number of nitrogens with one attached hydrogen (secondary N) is 2. The Hall–Kier alpha value is -3.63. The maximum atomic E-state index is 14.9. The highest BCUT2D eigenvalue weighted by Gasteiger charge is 2.34. The van der Waals surface area contributed by atoms with Crippen LogP contribution in [-0.4, -0.2) is 138 Å². The Balaban J connectivity index is 1.08. The number of likely N-dealkylation sites (tertiary alicyclic amines) is 1. The molecule has 2 fully saturated rings. The zero-order chi connectivity index (χ0) is 34.5. The molecule has 1 aromatic heterocycles. The van der Waals surface area contributed by atoms with Gasteiger partial charge in [-0.15, -0.1) is 0 Å². The van der Waals surface area contributed by atoms with Crippen LogP contribution in [0.2, 0.25) is 0 Å². The summed E-state index contributed by atoms with van der Waals surface area (Å²) in [5.74, 6) is 1.20. The topological polar surface area (TPSA) is 173 Å². The van der Waals surface area contributed by atoms with Gasteiger partial charge < -0.3 is 45.2 Å². The number of likely N-dealkylation sites (N-methyl/N-ethyl adjacent to an activating group) is 1. The molecule has 5 N–H and O–H groups in total. The lowest BCUT2D eigenvalue weighted by Gasteiger charge is -2.44. The Labute approximate surface area is 281 Å². The number of amides is 3. The minimum atomic E-state index is -1.49. The fraction of sp³-hybridized carbons (Fsp3) is 0.636. The van der Waals surface area contributed by atoms with Crippen LogP contribution in [0.4, 0.5) is 15.1 Å². The number of anilines is 1. The maximum Gasteiger partial charge on any atom is 0.315 e. The summed E-state index contributed by atoms with van der Waals surface area (Å²) in [7, 11) is 3.53. The van der Waals surface area contributed by atoms with Crippen molar-refractivity contribution in [1.82, 2.24) is 30.4 Å². The zero-order valence-corrected chi connectivity index (χ0v) is 27.9. The highest BCUT2D eigenvalue weighted by molar-refractivity contribution is 5.79. The first-order valence-electron chi connectivity index (χ1n) is 16.5. The summed E-state index contributed by atoms with van der Waals surface area (Å²) in [6.07, 6.45) is 7.63. The van der Waals surface area contributed by atoms with Gasteiger partial charge in [0.25, 0.3) is 0 Å². The molecular weight excluding hydrogens is 625 g/mol. The van der Waals surface area contributed by atoms with Crippen LogP contribution in [0.1, 0.15) is 36.8 Å². The van der Waals surface area contributed by atoms with Crippen LogP contribution in [-0.2, 0) is 22.6 Å². The Morgan fingerprint density at radius 2 is 1.79 bits per heavy atom. The number of piperidine rings is 1. The van der Waals surface area contributed by atoms with Crippen LogP contribution in [0, 0.1) is 11.7 Å². The summed E-state index contributed by atoms with van der Waals surface area (Å²) in [4.78, 5) is 39.7. The molecule has 0 radical (unpaired) electrons. The molecule has 0 saturated carbocycles. The number of carbonyl (C=O) groups excluding carboxylic acids is 2. The van der Waals surface area contributed by atoms with Crippen LogP contribution in [0.3, 0.4) is 0 Å².